The summed E-state index contributed by atoms with van der Waals surface area (Å²) in [6.45, 7) is 4.72. The minimum atomic E-state index is -1.24. The van der Waals surface area contributed by atoms with E-state index in [1.54, 1.807) is 11.1 Å². The molecule has 1 N–H and O–H groups in total. The van der Waals surface area contributed by atoms with Crippen molar-refractivity contribution in [1.29, 1.82) is 0 Å². The first-order chi connectivity index (χ1) is 10.4. The van der Waals surface area contributed by atoms with Crippen LogP contribution in [0, 0.1) is 19.8 Å². The van der Waals surface area contributed by atoms with Gasteiger partial charge in [-0.3, -0.25) is 9.78 Å². The molecule has 2 aliphatic rings. The summed E-state index contributed by atoms with van der Waals surface area (Å²) in [4.78, 5) is 30.2. The molecular weight excluding hydrogens is 284 g/mol. The number of rotatable bonds is 2. The number of nitrogens with zero attached hydrogens (tertiary/aromatic N) is 2. The van der Waals surface area contributed by atoms with E-state index in [9.17, 15) is 14.7 Å². The van der Waals surface area contributed by atoms with Crippen molar-refractivity contribution < 1.29 is 19.4 Å². The van der Waals surface area contributed by atoms with Gasteiger partial charge in [-0.05, 0) is 37.8 Å². The first-order valence-corrected chi connectivity index (χ1v) is 7.54. The maximum Gasteiger partial charge on any atom is 0.338 e. The molecule has 6 heteroatoms. The molecule has 6 nitrogen and oxygen atoms in total. The van der Waals surface area contributed by atoms with Crippen LogP contribution < -0.4 is 0 Å². The highest BCUT2D eigenvalue weighted by molar-refractivity contribution is 5.95. The molecule has 0 aromatic carbocycles. The fourth-order valence-corrected chi connectivity index (χ4v) is 3.51. The second-order valence-electron chi connectivity index (χ2n) is 6.25. The van der Waals surface area contributed by atoms with Crippen molar-refractivity contribution in [3.63, 3.8) is 0 Å². The molecule has 118 valence electrons. The third-order valence-electron chi connectivity index (χ3n) is 4.65. The number of fused-ring (bicyclic) bond motifs is 1. The summed E-state index contributed by atoms with van der Waals surface area (Å²) >= 11 is 0. The van der Waals surface area contributed by atoms with E-state index in [0.717, 1.165) is 24.0 Å². The van der Waals surface area contributed by atoms with E-state index in [4.69, 9.17) is 4.74 Å². The van der Waals surface area contributed by atoms with E-state index in [2.05, 4.69) is 4.98 Å². The lowest BCUT2D eigenvalue weighted by molar-refractivity contribution is -0.175. The van der Waals surface area contributed by atoms with Crippen LogP contribution >= 0.6 is 0 Å². The normalized spacial score (nSPS) is 27.5. The van der Waals surface area contributed by atoms with Gasteiger partial charge in [-0.2, -0.15) is 0 Å². The zero-order valence-corrected chi connectivity index (χ0v) is 12.8. The Labute approximate surface area is 129 Å². The number of ether oxygens (including phenoxy) is 1. The molecule has 1 amide bonds. The predicted octanol–water partition coefficient (Wildman–Crippen LogP) is 1.40. The maximum atomic E-state index is 12.7. The van der Waals surface area contributed by atoms with E-state index >= 15 is 0 Å². The molecule has 1 aromatic heterocycles. The highest BCUT2D eigenvalue weighted by atomic mass is 16.5. The summed E-state index contributed by atoms with van der Waals surface area (Å²) in [6, 6.07) is 1.91. The minimum Gasteiger partial charge on any atom is -0.479 e. The van der Waals surface area contributed by atoms with Gasteiger partial charge in [-0.1, -0.05) is 6.07 Å². The number of carbonyl (C=O) groups excluding carboxylic acids is 1. The van der Waals surface area contributed by atoms with Gasteiger partial charge in [0.15, 0.2) is 5.60 Å². The van der Waals surface area contributed by atoms with Crippen molar-refractivity contribution in [3.8, 4) is 0 Å². The highest BCUT2D eigenvalue weighted by Crippen LogP contribution is 2.38. The van der Waals surface area contributed by atoms with Crippen LogP contribution in [0.2, 0.25) is 0 Å². The number of carbonyl (C=O) groups is 2. The lowest BCUT2D eigenvalue weighted by Crippen LogP contribution is -2.51. The monoisotopic (exact) mass is 304 g/mol. The summed E-state index contributed by atoms with van der Waals surface area (Å²) in [5.41, 5.74) is 0.955. The van der Waals surface area contributed by atoms with E-state index in [1.165, 1.54) is 0 Å². The highest BCUT2D eigenvalue weighted by Gasteiger charge is 2.56. The first kappa shape index (κ1) is 15.0. The average molecular weight is 304 g/mol. The van der Waals surface area contributed by atoms with Gasteiger partial charge in [0.2, 0.25) is 0 Å². The smallest absolute Gasteiger partial charge is 0.338 e. The molecule has 2 unspecified atom stereocenters. The molecule has 2 saturated heterocycles. The van der Waals surface area contributed by atoms with E-state index < -0.39 is 11.6 Å². The number of carboxylic acids is 1. The zero-order chi connectivity index (χ0) is 15.9. The molecule has 3 heterocycles. The van der Waals surface area contributed by atoms with Gasteiger partial charge in [-0.15, -0.1) is 0 Å². The number of aliphatic carboxylic acids is 1. The van der Waals surface area contributed by atoms with Gasteiger partial charge in [0.25, 0.3) is 5.91 Å². The second kappa shape index (κ2) is 5.35. The lowest BCUT2D eigenvalue weighted by atomic mass is 9.85. The van der Waals surface area contributed by atoms with Crippen molar-refractivity contribution in [2.45, 2.75) is 32.3 Å². The fourth-order valence-electron chi connectivity index (χ4n) is 3.51. The molecule has 0 spiro atoms. The van der Waals surface area contributed by atoms with Gasteiger partial charge < -0.3 is 14.7 Å². The minimum absolute atomic E-state index is 0.0980. The molecular formula is C16H20N2O4. The van der Waals surface area contributed by atoms with E-state index in [1.807, 2.05) is 19.9 Å². The number of aryl methyl sites for hydroxylation is 2. The Morgan fingerprint density at radius 1 is 1.45 bits per heavy atom. The van der Waals surface area contributed by atoms with Crippen LogP contribution in [0.5, 0.6) is 0 Å². The third kappa shape index (κ3) is 2.27. The van der Waals surface area contributed by atoms with Crippen LogP contribution in [-0.4, -0.2) is 52.2 Å². The maximum absolute atomic E-state index is 12.7. The van der Waals surface area contributed by atoms with Crippen LogP contribution in [0.25, 0.3) is 0 Å². The number of pyridine rings is 1. The zero-order valence-electron chi connectivity index (χ0n) is 12.8. The average Bonchev–Trinajstić information content (AvgIpc) is 2.87. The second-order valence-corrected chi connectivity index (χ2v) is 6.25. The molecule has 2 fully saturated rings. The van der Waals surface area contributed by atoms with Gasteiger partial charge >= 0.3 is 5.97 Å². The molecule has 0 aliphatic carbocycles. The summed E-state index contributed by atoms with van der Waals surface area (Å²) < 4.78 is 5.60. The first-order valence-electron chi connectivity index (χ1n) is 7.54. The van der Waals surface area contributed by atoms with Crippen LogP contribution in [0.3, 0.4) is 0 Å². The third-order valence-corrected chi connectivity index (χ3v) is 4.65. The number of hydrogen-bond donors (Lipinski definition) is 1. The van der Waals surface area contributed by atoms with Crippen molar-refractivity contribution >= 4 is 11.9 Å². The summed E-state index contributed by atoms with van der Waals surface area (Å²) in [6.07, 6.45) is 3.27. The Kier molecular flexibility index (Phi) is 3.64. The number of hydrogen-bond acceptors (Lipinski definition) is 4. The van der Waals surface area contributed by atoms with Gasteiger partial charge in [0, 0.05) is 25.3 Å². The molecule has 0 saturated carbocycles. The summed E-state index contributed by atoms with van der Waals surface area (Å²) in [5.74, 6) is -1.33. The van der Waals surface area contributed by atoms with E-state index in [0.29, 0.717) is 18.8 Å². The van der Waals surface area contributed by atoms with Gasteiger partial charge in [-0.25, -0.2) is 4.79 Å². The van der Waals surface area contributed by atoms with E-state index in [-0.39, 0.29) is 18.4 Å². The van der Waals surface area contributed by atoms with Crippen molar-refractivity contribution in [2.24, 2.45) is 5.92 Å². The van der Waals surface area contributed by atoms with Crippen LogP contribution in [-0.2, 0) is 9.53 Å². The Morgan fingerprint density at radius 2 is 2.23 bits per heavy atom. The van der Waals surface area contributed by atoms with Gasteiger partial charge in [0.1, 0.15) is 5.69 Å². The quantitative estimate of drug-likeness (QED) is 0.893. The molecule has 22 heavy (non-hydrogen) atoms. The fraction of sp³-hybridized carbons (Fsp3) is 0.562. The summed E-state index contributed by atoms with van der Waals surface area (Å²) in [7, 11) is 0. The molecule has 3 rings (SSSR count). The van der Waals surface area contributed by atoms with Crippen LogP contribution in [0.15, 0.2) is 12.3 Å². The van der Waals surface area contributed by atoms with Crippen LogP contribution in [0.1, 0.15) is 34.5 Å². The lowest BCUT2D eigenvalue weighted by Gasteiger charge is -2.34. The number of aromatic nitrogens is 1. The molecule has 1 aromatic rings. The summed E-state index contributed by atoms with van der Waals surface area (Å²) in [5, 5.41) is 9.58. The molecule has 0 radical (unpaired) electrons. The Bertz CT molecular complexity index is 631. The Morgan fingerprint density at radius 3 is 2.86 bits per heavy atom. The van der Waals surface area contributed by atoms with Crippen LogP contribution in [0.4, 0.5) is 0 Å². The molecule has 0 bridgehead atoms. The number of amides is 1. The van der Waals surface area contributed by atoms with Gasteiger partial charge in [0.05, 0.1) is 6.54 Å². The number of carboxylic acid groups (broad SMARTS) is 1. The van der Waals surface area contributed by atoms with Crippen molar-refractivity contribution in [3.05, 3.63) is 29.1 Å². The molecule has 2 aliphatic heterocycles. The van der Waals surface area contributed by atoms with Crippen molar-refractivity contribution in [2.75, 3.05) is 19.7 Å². The molecule has 2 atom stereocenters. The Balaban J connectivity index is 1.87. The predicted molar refractivity (Wildman–Crippen MR) is 78.7 cm³/mol. The van der Waals surface area contributed by atoms with Crippen molar-refractivity contribution in [1.82, 2.24) is 9.88 Å². The Hall–Kier alpha value is -1.95. The number of likely N-dealkylation sites (tertiary alicyclic amines) is 1. The SMILES string of the molecule is Cc1cnc(C(=O)N2CC3CCCOC3(C(=O)O)C2)c(C)c1. The topological polar surface area (TPSA) is 79.7 Å². The largest absolute Gasteiger partial charge is 0.479 e. The standard InChI is InChI=1S/C16H20N2O4/c1-10-6-11(2)13(17-7-10)14(19)18-8-12-4-3-5-22-16(12,9-18)15(20)21/h6-7,12H,3-5,8-9H2,1-2H3,(H,20,21).